The van der Waals surface area contributed by atoms with E-state index in [-0.39, 0.29) is 0 Å². The summed E-state index contributed by atoms with van der Waals surface area (Å²) >= 11 is 5.53. The first-order valence-corrected chi connectivity index (χ1v) is 11.6. The lowest BCUT2D eigenvalue weighted by atomic mass is 10.0. The summed E-state index contributed by atoms with van der Waals surface area (Å²) in [4.78, 5) is 14.3. The van der Waals surface area contributed by atoms with Crippen LogP contribution in [-0.4, -0.2) is 48.4 Å². The maximum absolute atomic E-state index is 5.53. The van der Waals surface area contributed by atoms with E-state index in [0.29, 0.717) is 23.5 Å². The fourth-order valence-electron chi connectivity index (χ4n) is 4.22. The first kappa shape index (κ1) is 21.6. The number of thiocarbonyl (C=S) groups is 1. The molecule has 2 aliphatic rings. The normalized spacial score (nSPS) is 18.7. The van der Waals surface area contributed by atoms with Crippen molar-refractivity contribution < 1.29 is 4.74 Å². The van der Waals surface area contributed by atoms with Gasteiger partial charge in [-0.25, -0.2) is 0 Å². The van der Waals surface area contributed by atoms with Crippen molar-refractivity contribution in [3.63, 3.8) is 0 Å². The number of piperidine rings is 1. The first-order valence-electron chi connectivity index (χ1n) is 11.2. The summed E-state index contributed by atoms with van der Waals surface area (Å²) < 4.78 is 5.21. The van der Waals surface area contributed by atoms with E-state index >= 15 is 0 Å². The smallest absolute Gasteiger partial charge is 0.232 e. The molecule has 2 fully saturated rings. The third-order valence-corrected chi connectivity index (χ3v) is 6.19. The molecule has 2 saturated heterocycles. The number of nitrogens with zero attached hydrogens (tertiary/aromatic N) is 4. The molecule has 1 unspecified atom stereocenters. The number of benzene rings is 1. The van der Waals surface area contributed by atoms with E-state index in [9.17, 15) is 0 Å². The zero-order valence-electron chi connectivity index (χ0n) is 18.4. The van der Waals surface area contributed by atoms with E-state index in [1.54, 1.807) is 7.11 Å². The van der Waals surface area contributed by atoms with Crippen molar-refractivity contribution in [1.29, 1.82) is 0 Å². The Morgan fingerprint density at radius 1 is 1.06 bits per heavy atom. The first-order chi connectivity index (χ1) is 15.1. The highest BCUT2D eigenvalue weighted by atomic mass is 32.1. The van der Waals surface area contributed by atoms with Gasteiger partial charge in [-0.1, -0.05) is 19.1 Å². The maximum Gasteiger partial charge on any atom is 0.232 e. The second-order valence-electron chi connectivity index (χ2n) is 8.45. The van der Waals surface area contributed by atoms with E-state index in [1.165, 1.54) is 25.7 Å². The van der Waals surface area contributed by atoms with Gasteiger partial charge in [0, 0.05) is 38.8 Å². The minimum Gasteiger partial charge on any atom is -0.497 e. The van der Waals surface area contributed by atoms with Crippen LogP contribution in [0.4, 0.5) is 17.6 Å². The van der Waals surface area contributed by atoms with Crippen molar-refractivity contribution in [2.45, 2.75) is 39.2 Å². The van der Waals surface area contributed by atoms with Crippen LogP contribution in [0.15, 0.2) is 30.3 Å². The Bertz CT molecular complexity index is 884. The number of nitrogens with one attached hydrogen (secondary N) is 2. The van der Waals surface area contributed by atoms with Crippen LogP contribution in [-0.2, 0) is 6.54 Å². The van der Waals surface area contributed by atoms with Crippen molar-refractivity contribution in [3.05, 3.63) is 35.9 Å². The summed E-state index contributed by atoms with van der Waals surface area (Å²) in [7, 11) is 1.67. The van der Waals surface area contributed by atoms with Gasteiger partial charge in [0.25, 0.3) is 0 Å². The van der Waals surface area contributed by atoms with Crippen LogP contribution in [0.2, 0.25) is 0 Å². The van der Waals surface area contributed by atoms with Crippen LogP contribution in [0.25, 0.3) is 0 Å². The van der Waals surface area contributed by atoms with E-state index < -0.39 is 0 Å². The molecule has 0 aliphatic carbocycles. The molecule has 1 atom stereocenters. The molecule has 3 heterocycles. The summed E-state index contributed by atoms with van der Waals surface area (Å²) in [5.74, 6) is 4.06. The van der Waals surface area contributed by atoms with E-state index in [1.807, 2.05) is 24.3 Å². The third-order valence-electron chi connectivity index (χ3n) is 5.95. The third kappa shape index (κ3) is 5.76. The molecule has 0 spiro atoms. The zero-order valence-corrected chi connectivity index (χ0v) is 19.2. The fraction of sp³-hybridized carbons (Fsp3) is 0.522. The van der Waals surface area contributed by atoms with E-state index in [4.69, 9.17) is 26.9 Å². The van der Waals surface area contributed by atoms with Crippen molar-refractivity contribution in [2.24, 2.45) is 5.92 Å². The molecule has 2 aliphatic heterocycles. The minimum atomic E-state index is 0.521. The van der Waals surface area contributed by atoms with Crippen molar-refractivity contribution in [3.8, 4) is 5.75 Å². The van der Waals surface area contributed by atoms with Crippen molar-refractivity contribution >= 4 is 34.9 Å². The lowest BCUT2D eigenvalue weighted by Crippen LogP contribution is -2.35. The molecule has 1 aromatic heterocycles. The van der Waals surface area contributed by atoms with E-state index in [0.717, 1.165) is 49.1 Å². The number of hydrogen-bond donors (Lipinski definition) is 2. The number of hydrogen-bond acceptors (Lipinski definition) is 6. The molecule has 1 aromatic carbocycles. The molecule has 2 aromatic rings. The van der Waals surface area contributed by atoms with Gasteiger partial charge in [0.15, 0.2) is 5.11 Å². The van der Waals surface area contributed by atoms with Gasteiger partial charge in [0.05, 0.1) is 7.11 Å². The van der Waals surface area contributed by atoms with E-state index in [2.05, 4.69) is 33.4 Å². The molecule has 8 heteroatoms. The molecule has 4 rings (SSSR count). The number of methoxy groups -OCH3 is 1. The minimum absolute atomic E-state index is 0.521. The van der Waals surface area contributed by atoms with Gasteiger partial charge in [-0.2, -0.15) is 9.97 Å². The predicted octanol–water partition coefficient (Wildman–Crippen LogP) is 3.81. The van der Waals surface area contributed by atoms with Crippen LogP contribution < -0.4 is 25.2 Å². The highest BCUT2D eigenvalue weighted by molar-refractivity contribution is 7.80. The van der Waals surface area contributed by atoms with Gasteiger partial charge in [-0.3, -0.25) is 0 Å². The van der Waals surface area contributed by atoms with Crippen LogP contribution in [0, 0.1) is 5.92 Å². The maximum atomic E-state index is 5.53. The highest BCUT2D eigenvalue weighted by Crippen LogP contribution is 2.27. The largest absolute Gasteiger partial charge is 0.497 e. The Labute approximate surface area is 190 Å². The van der Waals surface area contributed by atoms with Gasteiger partial charge in [0.2, 0.25) is 5.95 Å². The van der Waals surface area contributed by atoms with Crippen molar-refractivity contribution in [1.82, 2.24) is 15.3 Å². The number of aromatic nitrogens is 2. The van der Waals surface area contributed by atoms with Gasteiger partial charge in [0.1, 0.15) is 17.4 Å². The topological polar surface area (TPSA) is 65.6 Å². The van der Waals surface area contributed by atoms with Crippen molar-refractivity contribution in [2.75, 3.05) is 48.4 Å². The summed E-state index contributed by atoms with van der Waals surface area (Å²) in [6.07, 6.45) is 4.91. The molecular formula is C23H32N6OS. The molecule has 2 N–H and O–H groups in total. The van der Waals surface area contributed by atoms with Crippen LogP contribution in [0.1, 0.15) is 38.2 Å². The van der Waals surface area contributed by atoms with Gasteiger partial charge in [-0.15, -0.1) is 0 Å². The fourth-order valence-corrected chi connectivity index (χ4v) is 4.38. The molecule has 0 saturated carbocycles. The molecule has 31 heavy (non-hydrogen) atoms. The SMILES string of the molecule is COc1ccc(CNC(=S)Nc2nc(N3CCCC3)cc(N3CCCC(C)C3)n2)cc1. The molecule has 0 amide bonds. The van der Waals surface area contributed by atoms with Crippen LogP contribution >= 0.6 is 12.2 Å². The molecular weight excluding hydrogens is 408 g/mol. The lowest BCUT2D eigenvalue weighted by molar-refractivity contribution is 0.414. The Morgan fingerprint density at radius 2 is 1.74 bits per heavy atom. The second-order valence-corrected chi connectivity index (χ2v) is 8.86. The Kier molecular flexibility index (Phi) is 7.06. The number of anilines is 3. The number of rotatable bonds is 6. The Morgan fingerprint density at radius 3 is 2.42 bits per heavy atom. The monoisotopic (exact) mass is 440 g/mol. The Balaban J connectivity index is 1.45. The van der Waals surface area contributed by atoms with Crippen LogP contribution in [0.5, 0.6) is 5.75 Å². The molecule has 0 bridgehead atoms. The van der Waals surface area contributed by atoms with Gasteiger partial charge in [-0.05, 0) is 61.5 Å². The Hall–Kier alpha value is -2.61. The summed E-state index contributed by atoms with van der Waals surface area (Å²) in [5, 5.41) is 6.98. The average molecular weight is 441 g/mol. The zero-order chi connectivity index (χ0) is 21.6. The van der Waals surface area contributed by atoms with Gasteiger partial charge >= 0.3 is 0 Å². The molecule has 7 nitrogen and oxygen atoms in total. The highest BCUT2D eigenvalue weighted by Gasteiger charge is 2.22. The standard InChI is InChI=1S/C23H32N6OS/c1-17-6-5-13-29(16-17)21-14-20(28-11-3-4-12-28)25-22(26-21)27-23(31)24-15-18-7-9-19(30-2)10-8-18/h7-10,14,17H,3-6,11-13,15-16H2,1-2H3,(H2,24,25,26,27,31). The second kappa shape index (κ2) is 10.1. The summed E-state index contributed by atoms with van der Waals surface area (Å²) in [6.45, 7) is 7.11. The lowest BCUT2D eigenvalue weighted by Gasteiger charge is -2.32. The predicted molar refractivity (Wildman–Crippen MR) is 130 cm³/mol. The summed E-state index contributed by atoms with van der Waals surface area (Å²) in [5.41, 5.74) is 1.12. The summed E-state index contributed by atoms with van der Waals surface area (Å²) in [6, 6.07) is 10.1. The molecule has 0 radical (unpaired) electrons. The van der Waals surface area contributed by atoms with Crippen LogP contribution in [0.3, 0.4) is 0 Å². The number of ether oxygens (including phenoxy) is 1. The van der Waals surface area contributed by atoms with Gasteiger partial charge < -0.3 is 25.2 Å². The average Bonchev–Trinajstić information content (AvgIpc) is 3.33. The quantitative estimate of drug-likeness (QED) is 0.658. The molecule has 166 valence electrons.